The summed E-state index contributed by atoms with van der Waals surface area (Å²) >= 11 is 1.68. The van der Waals surface area contributed by atoms with Crippen LogP contribution in [0, 0.1) is 0 Å². The third kappa shape index (κ3) is 3.34. The third-order valence-electron chi connectivity index (χ3n) is 4.90. The zero-order valence-corrected chi connectivity index (χ0v) is 15.1. The first-order chi connectivity index (χ1) is 12.2. The van der Waals surface area contributed by atoms with Crippen LogP contribution in [-0.4, -0.2) is 27.7 Å². The van der Waals surface area contributed by atoms with Crippen LogP contribution < -0.4 is 5.56 Å². The maximum absolute atomic E-state index is 12.6. The number of likely N-dealkylation sites (tertiary alicyclic amines) is 1. The number of pyridine rings is 2. The first-order valence-corrected chi connectivity index (χ1v) is 9.82. The fourth-order valence-electron chi connectivity index (χ4n) is 3.61. The van der Waals surface area contributed by atoms with E-state index in [4.69, 9.17) is 0 Å². The number of hydrogen-bond acceptors (Lipinski definition) is 4. The molecule has 25 heavy (non-hydrogen) atoms. The van der Waals surface area contributed by atoms with Crippen molar-refractivity contribution < 1.29 is 0 Å². The van der Waals surface area contributed by atoms with Crippen LogP contribution in [-0.2, 0) is 6.54 Å². The Kier molecular flexibility index (Phi) is 4.59. The lowest BCUT2D eigenvalue weighted by Gasteiger charge is -2.23. The van der Waals surface area contributed by atoms with Crippen molar-refractivity contribution in [3.63, 3.8) is 0 Å². The van der Waals surface area contributed by atoms with E-state index in [9.17, 15) is 4.79 Å². The third-order valence-corrected chi connectivity index (χ3v) is 5.62. The van der Waals surface area contributed by atoms with Crippen molar-refractivity contribution in [2.75, 3.05) is 12.8 Å². The molecule has 0 saturated carbocycles. The molecule has 0 spiro atoms. The molecule has 3 heterocycles. The highest BCUT2D eigenvalue weighted by Gasteiger charge is 2.27. The molecule has 0 aliphatic carbocycles. The van der Waals surface area contributed by atoms with Gasteiger partial charge in [-0.2, -0.15) is 0 Å². The highest BCUT2D eigenvalue weighted by atomic mass is 32.2. The zero-order valence-electron chi connectivity index (χ0n) is 14.2. The van der Waals surface area contributed by atoms with Crippen LogP contribution in [0.5, 0.6) is 0 Å². The van der Waals surface area contributed by atoms with Crippen LogP contribution in [0.1, 0.15) is 30.1 Å². The Morgan fingerprint density at radius 2 is 2.20 bits per heavy atom. The molecule has 1 aliphatic rings. The fraction of sp³-hybridized carbons (Fsp3) is 0.300. The Morgan fingerprint density at radius 1 is 1.28 bits per heavy atom. The van der Waals surface area contributed by atoms with E-state index in [1.165, 1.54) is 0 Å². The van der Waals surface area contributed by atoms with E-state index in [-0.39, 0.29) is 5.56 Å². The monoisotopic (exact) mass is 351 g/mol. The molecule has 1 N–H and O–H groups in total. The van der Waals surface area contributed by atoms with Crippen molar-refractivity contribution in [1.82, 2.24) is 14.9 Å². The van der Waals surface area contributed by atoms with Gasteiger partial charge in [0.05, 0.1) is 11.7 Å². The SMILES string of the molecule is CSc1ccc2cc(CN3CCC[C@@H]3c3ccccn3)c(=O)[nH]c2c1. The van der Waals surface area contributed by atoms with Crippen LogP contribution in [0.4, 0.5) is 0 Å². The van der Waals surface area contributed by atoms with Gasteiger partial charge in [0.1, 0.15) is 0 Å². The summed E-state index contributed by atoms with van der Waals surface area (Å²) in [5.41, 5.74) is 2.84. The topological polar surface area (TPSA) is 49.0 Å². The molecular formula is C20H21N3OS. The second-order valence-corrected chi connectivity index (χ2v) is 7.34. The Balaban J connectivity index is 1.63. The minimum absolute atomic E-state index is 0.0115. The van der Waals surface area contributed by atoms with Gasteiger partial charge in [-0.05, 0) is 61.4 Å². The predicted octanol–water partition coefficient (Wildman–Crippen LogP) is 3.98. The second kappa shape index (κ2) is 7.02. The summed E-state index contributed by atoms with van der Waals surface area (Å²) in [5, 5.41) is 1.08. The molecule has 0 unspecified atom stereocenters. The number of nitrogens with zero attached hydrogens (tertiary/aromatic N) is 2. The van der Waals surface area contributed by atoms with E-state index < -0.39 is 0 Å². The molecule has 1 aliphatic heterocycles. The number of aromatic nitrogens is 2. The van der Waals surface area contributed by atoms with Crippen molar-refractivity contribution in [1.29, 1.82) is 0 Å². The first kappa shape index (κ1) is 16.4. The molecule has 3 aromatic rings. The summed E-state index contributed by atoms with van der Waals surface area (Å²) in [6.07, 6.45) is 6.13. The van der Waals surface area contributed by atoms with Gasteiger partial charge in [0, 0.05) is 28.7 Å². The molecule has 1 atom stereocenters. The smallest absolute Gasteiger partial charge is 0.252 e. The zero-order chi connectivity index (χ0) is 17.2. The Hall–Kier alpha value is -2.11. The lowest BCUT2D eigenvalue weighted by atomic mass is 10.1. The molecule has 1 aromatic carbocycles. The van der Waals surface area contributed by atoms with Gasteiger partial charge in [0.2, 0.25) is 0 Å². The lowest BCUT2D eigenvalue weighted by Crippen LogP contribution is -2.27. The van der Waals surface area contributed by atoms with Gasteiger partial charge in [-0.3, -0.25) is 14.7 Å². The van der Waals surface area contributed by atoms with Crippen molar-refractivity contribution in [3.8, 4) is 0 Å². The second-order valence-electron chi connectivity index (χ2n) is 6.46. The van der Waals surface area contributed by atoms with Crippen molar-refractivity contribution >= 4 is 22.7 Å². The molecule has 128 valence electrons. The Bertz CT molecular complexity index is 939. The van der Waals surface area contributed by atoms with E-state index in [0.717, 1.165) is 46.4 Å². The number of nitrogens with one attached hydrogen (secondary N) is 1. The van der Waals surface area contributed by atoms with Gasteiger partial charge in [-0.15, -0.1) is 11.8 Å². The van der Waals surface area contributed by atoms with Crippen LogP contribution in [0.3, 0.4) is 0 Å². The normalized spacial score (nSPS) is 18.0. The van der Waals surface area contributed by atoms with Crippen molar-refractivity contribution in [2.45, 2.75) is 30.3 Å². The van der Waals surface area contributed by atoms with E-state index in [2.05, 4.69) is 33.1 Å². The minimum atomic E-state index is 0.0115. The summed E-state index contributed by atoms with van der Waals surface area (Å²) in [7, 11) is 0. The van der Waals surface area contributed by atoms with Crippen LogP contribution in [0.2, 0.25) is 0 Å². The van der Waals surface area contributed by atoms with Gasteiger partial charge in [0.15, 0.2) is 0 Å². The van der Waals surface area contributed by atoms with Crippen LogP contribution in [0.25, 0.3) is 10.9 Å². The standard InChI is InChI=1S/C20H21N3OS/c1-25-16-8-7-14-11-15(20(24)22-18(14)12-16)13-23-10-4-6-19(23)17-5-2-3-9-21-17/h2-3,5,7-9,11-12,19H,4,6,10,13H2,1H3,(H,22,24)/t19-/m1/s1. The average Bonchev–Trinajstić information content (AvgIpc) is 3.11. The van der Waals surface area contributed by atoms with Gasteiger partial charge in [-0.25, -0.2) is 0 Å². The first-order valence-electron chi connectivity index (χ1n) is 8.59. The van der Waals surface area contributed by atoms with Gasteiger partial charge >= 0.3 is 0 Å². The lowest BCUT2D eigenvalue weighted by molar-refractivity contribution is 0.243. The molecule has 1 saturated heterocycles. The fourth-order valence-corrected chi connectivity index (χ4v) is 4.05. The quantitative estimate of drug-likeness (QED) is 0.722. The number of thioether (sulfide) groups is 1. The highest BCUT2D eigenvalue weighted by Crippen LogP contribution is 2.31. The van der Waals surface area contributed by atoms with Crippen molar-refractivity contribution in [3.05, 3.63) is 70.3 Å². The van der Waals surface area contributed by atoms with Crippen molar-refractivity contribution in [2.24, 2.45) is 0 Å². The predicted molar refractivity (Wildman–Crippen MR) is 103 cm³/mol. The molecule has 5 heteroatoms. The van der Waals surface area contributed by atoms with E-state index in [0.29, 0.717) is 12.6 Å². The van der Waals surface area contributed by atoms with Gasteiger partial charge in [-0.1, -0.05) is 12.1 Å². The summed E-state index contributed by atoms with van der Waals surface area (Å²) in [6, 6.07) is 14.6. The van der Waals surface area contributed by atoms with E-state index in [1.807, 2.05) is 36.7 Å². The Labute approximate surface area is 151 Å². The maximum atomic E-state index is 12.6. The largest absolute Gasteiger partial charge is 0.322 e. The van der Waals surface area contributed by atoms with E-state index in [1.54, 1.807) is 11.8 Å². The molecular weight excluding hydrogens is 330 g/mol. The number of fused-ring (bicyclic) bond motifs is 1. The number of rotatable bonds is 4. The molecule has 0 bridgehead atoms. The molecule has 0 radical (unpaired) electrons. The number of aromatic amines is 1. The molecule has 0 amide bonds. The highest BCUT2D eigenvalue weighted by molar-refractivity contribution is 7.98. The number of hydrogen-bond donors (Lipinski definition) is 1. The molecule has 4 nitrogen and oxygen atoms in total. The number of H-pyrrole nitrogens is 1. The Morgan fingerprint density at radius 3 is 3.00 bits per heavy atom. The maximum Gasteiger partial charge on any atom is 0.252 e. The summed E-state index contributed by atoms with van der Waals surface area (Å²) in [6.45, 7) is 1.67. The summed E-state index contributed by atoms with van der Waals surface area (Å²) in [5.74, 6) is 0. The number of benzene rings is 1. The van der Waals surface area contributed by atoms with Crippen LogP contribution in [0.15, 0.2) is 58.4 Å². The molecule has 1 fully saturated rings. The van der Waals surface area contributed by atoms with Gasteiger partial charge in [0.25, 0.3) is 5.56 Å². The van der Waals surface area contributed by atoms with Gasteiger partial charge < -0.3 is 4.98 Å². The summed E-state index contributed by atoms with van der Waals surface area (Å²) in [4.78, 5) is 23.7. The molecule has 2 aromatic heterocycles. The molecule has 4 rings (SSSR count). The van der Waals surface area contributed by atoms with E-state index >= 15 is 0 Å². The average molecular weight is 351 g/mol. The minimum Gasteiger partial charge on any atom is -0.322 e. The summed E-state index contributed by atoms with van der Waals surface area (Å²) < 4.78 is 0. The van der Waals surface area contributed by atoms with Crippen LogP contribution >= 0.6 is 11.8 Å².